The third kappa shape index (κ3) is 2.67. The third-order valence-corrected chi connectivity index (χ3v) is 4.11. The molecule has 4 heteroatoms. The highest BCUT2D eigenvalue weighted by Gasteiger charge is 2.26. The Morgan fingerprint density at radius 2 is 1.62 bits per heavy atom. The van der Waals surface area contributed by atoms with Gasteiger partial charge in [0.05, 0.1) is 6.04 Å². The predicted octanol–water partition coefficient (Wildman–Crippen LogP) is 3.03. The number of aromatic hydroxyl groups is 3. The molecule has 0 aromatic heterocycles. The highest BCUT2D eigenvalue weighted by Crippen LogP contribution is 2.41. The molecular weight excluding hydrogens is 266 g/mol. The van der Waals surface area contributed by atoms with Gasteiger partial charge in [-0.1, -0.05) is 36.8 Å². The predicted molar refractivity (Wildman–Crippen MR) is 80.5 cm³/mol. The fraction of sp³-hybridized carbons (Fsp3) is 0.294. The van der Waals surface area contributed by atoms with Crippen molar-refractivity contribution in [1.82, 2.24) is 5.32 Å². The Labute approximate surface area is 123 Å². The highest BCUT2D eigenvalue weighted by molar-refractivity contribution is 5.55. The van der Waals surface area contributed by atoms with Crippen LogP contribution in [0.15, 0.2) is 42.5 Å². The molecule has 0 spiro atoms. The molecular formula is C17H19NO3. The zero-order valence-corrected chi connectivity index (χ0v) is 11.7. The first-order valence-electron chi connectivity index (χ1n) is 7.21. The molecule has 0 aliphatic heterocycles. The second kappa shape index (κ2) is 5.66. The van der Waals surface area contributed by atoms with Gasteiger partial charge in [0.15, 0.2) is 11.5 Å². The molecule has 1 atom stereocenters. The molecule has 3 rings (SSSR count). The van der Waals surface area contributed by atoms with Gasteiger partial charge in [-0.3, -0.25) is 0 Å². The smallest absolute Gasteiger partial charge is 0.200 e. The first-order chi connectivity index (χ1) is 10.2. The van der Waals surface area contributed by atoms with Crippen molar-refractivity contribution in [3.63, 3.8) is 0 Å². The van der Waals surface area contributed by atoms with Gasteiger partial charge in [0.25, 0.3) is 0 Å². The van der Waals surface area contributed by atoms with Crippen molar-refractivity contribution < 1.29 is 15.3 Å². The Bertz CT molecular complexity index is 623. The van der Waals surface area contributed by atoms with Crippen LogP contribution < -0.4 is 5.32 Å². The van der Waals surface area contributed by atoms with Gasteiger partial charge in [0, 0.05) is 11.6 Å². The van der Waals surface area contributed by atoms with Gasteiger partial charge in [-0.05, 0) is 30.5 Å². The van der Waals surface area contributed by atoms with Crippen molar-refractivity contribution in [2.45, 2.75) is 31.3 Å². The van der Waals surface area contributed by atoms with Crippen LogP contribution in [0.4, 0.5) is 0 Å². The van der Waals surface area contributed by atoms with Crippen molar-refractivity contribution in [2.24, 2.45) is 0 Å². The number of phenolic OH excluding ortho intramolecular Hbond substituents is 3. The number of nitrogens with one attached hydrogen (secondary N) is 1. The van der Waals surface area contributed by atoms with E-state index in [1.807, 2.05) is 30.3 Å². The molecule has 1 fully saturated rings. The van der Waals surface area contributed by atoms with Gasteiger partial charge < -0.3 is 20.6 Å². The normalized spacial score (nSPS) is 16.4. The summed E-state index contributed by atoms with van der Waals surface area (Å²) >= 11 is 0. The molecule has 1 aliphatic rings. The summed E-state index contributed by atoms with van der Waals surface area (Å²) in [5, 5.41) is 32.9. The standard InChI is InChI=1S/C17H19NO3/c19-14-10-9-13(16(20)17(14)21)15(18-12-7-4-8-12)11-5-2-1-3-6-11/h1-3,5-6,9-10,12,15,18-21H,4,7-8H2. The topological polar surface area (TPSA) is 72.7 Å². The highest BCUT2D eigenvalue weighted by atomic mass is 16.3. The molecule has 0 saturated heterocycles. The van der Waals surface area contributed by atoms with E-state index >= 15 is 0 Å². The number of hydrogen-bond donors (Lipinski definition) is 4. The van der Waals surface area contributed by atoms with E-state index in [0.717, 1.165) is 18.4 Å². The Hall–Kier alpha value is -2.20. The van der Waals surface area contributed by atoms with Crippen LogP contribution in [0.3, 0.4) is 0 Å². The molecule has 0 heterocycles. The molecule has 0 radical (unpaired) electrons. The number of hydrogen-bond acceptors (Lipinski definition) is 4. The van der Waals surface area contributed by atoms with E-state index in [1.54, 1.807) is 6.07 Å². The van der Waals surface area contributed by atoms with Gasteiger partial charge >= 0.3 is 0 Å². The summed E-state index contributed by atoms with van der Waals surface area (Å²) in [7, 11) is 0. The summed E-state index contributed by atoms with van der Waals surface area (Å²) in [5.74, 6) is -1.05. The van der Waals surface area contributed by atoms with E-state index in [2.05, 4.69) is 5.32 Å². The molecule has 0 bridgehead atoms. The van der Waals surface area contributed by atoms with Gasteiger partial charge in [0.1, 0.15) is 0 Å². The van der Waals surface area contributed by atoms with Crippen LogP contribution in [-0.2, 0) is 0 Å². The zero-order valence-electron chi connectivity index (χ0n) is 11.7. The maximum atomic E-state index is 10.2. The number of phenols is 3. The average molecular weight is 285 g/mol. The lowest BCUT2D eigenvalue weighted by Gasteiger charge is -2.32. The minimum atomic E-state index is -0.469. The molecule has 1 unspecified atom stereocenters. The van der Waals surface area contributed by atoms with Gasteiger partial charge in [-0.15, -0.1) is 0 Å². The molecule has 1 aliphatic carbocycles. The molecule has 2 aromatic rings. The van der Waals surface area contributed by atoms with E-state index in [0.29, 0.717) is 11.6 Å². The van der Waals surface area contributed by atoms with E-state index in [9.17, 15) is 15.3 Å². The van der Waals surface area contributed by atoms with Gasteiger partial charge in [-0.2, -0.15) is 0 Å². The van der Waals surface area contributed by atoms with E-state index in [4.69, 9.17) is 0 Å². The Balaban J connectivity index is 2.00. The van der Waals surface area contributed by atoms with Crippen LogP contribution in [0.5, 0.6) is 17.2 Å². The van der Waals surface area contributed by atoms with Crippen molar-refractivity contribution in [3.05, 3.63) is 53.6 Å². The maximum absolute atomic E-state index is 10.2. The minimum Gasteiger partial charge on any atom is -0.504 e. The van der Waals surface area contributed by atoms with Crippen molar-refractivity contribution in [1.29, 1.82) is 0 Å². The second-order valence-electron chi connectivity index (χ2n) is 5.51. The molecule has 0 amide bonds. The summed E-state index contributed by atoms with van der Waals surface area (Å²) in [6.45, 7) is 0. The van der Waals surface area contributed by atoms with Crippen LogP contribution in [-0.4, -0.2) is 21.4 Å². The molecule has 4 nitrogen and oxygen atoms in total. The Kier molecular flexibility index (Phi) is 3.71. The summed E-state index contributed by atoms with van der Waals surface area (Å²) < 4.78 is 0. The van der Waals surface area contributed by atoms with E-state index in [-0.39, 0.29) is 17.5 Å². The van der Waals surface area contributed by atoms with E-state index < -0.39 is 5.75 Å². The summed E-state index contributed by atoms with van der Waals surface area (Å²) in [5.41, 5.74) is 1.59. The first kappa shape index (κ1) is 13.8. The summed E-state index contributed by atoms with van der Waals surface area (Å²) in [4.78, 5) is 0. The number of benzene rings is 2. The number of rotatable bonds is 4. The summed E-state index contributed by atoms with van der Waals surface area (Å²) in [6.07, 6.45) is 3.45. The Morgan fingerprint density at radius 3 is 2.24 bits per heavy atom. The van der Waals surface area contributed by atoms with Crippen LogP contribution in [0.25, 0.3) is 0 Å². The lowest BCUT2D eigenvalue weighted by Crippen LogP contribution is -2.38. The third-order valence-electron chi connectivity index (χ3n) is 4.11. The lowest BCUT2D eigenvalue weighted by atomic mass is 9.89. The molecule has 110 valence electrons. The van der Waals surface area contributed by atoms with E-state index in [1.165, 1.54) is 12.5 Å². The van der Waals surface area contributed by atoms with Crippen LogP contribution in [0, 0.1) is 0 Å². The maximum Gasteiger partial charge on any atom is 0.200 e. The average Bonchev–Trinajstić information content (AvgIpc) is 2.46. The van der Waals surface area contributed by atoms with Crippen molar-refractivity contribution >= 4 is 0 Å². The fourth-order valence-electron chi connectivity index (χ4n) is 2.64. The van der Waals surface area contributed by atoms with Crippen LogP contribution in [0.1, 0.15) is 36.4 Å². The largest absolute Gasteiger partial charge is 0.504 e. The van der Waals surface area contributed by atoms with Gasteiger partial charge in [-0.25, -0.2) is 0 Å². The lowest BCUT2D eigenvalue weighted by molar-refractivity contribution is 0.314. The quantitative estimate of drug-likeness (QED) is 0.652. The molecule has 2 aromatic carbocycles. The van der Waals surface area contributed by atoms with Crippen LogP contribution in [0.2, 0.25) is 0 Å². The van der Waals surface area contributed by atoms with Gasteiger partial charge in [0.2, 0.25) is 5.75 Å². The summed E-state index contributed by atoms with van der Waals surface area (Å²) in [6, 6.07) is 13.1. The zero-order chi connectivity index (χ0) is 14.8. The molecule has 21 heavy (non-hydrogen) atoms. The van der Waals surface area contributed by atoms with Crippen molar-refractivity contribution in [3.8, 4) is 17.2 Å². The Morgan fingerprint density at radius 1 is 0.905 bits per heavy atom. The monoisotopic (exact) mass is 285 g/mol. The fourth-order valence-corrected chi connectivity index (χ4v) is 2.64. The molecule has 1 saturated carbocycles. The van der Waals surface area contributed by atoms with Crippen molar-refractivity contribution in [2.75, 3.05) is 0 Å². The minimum absolute atomic E-state index is 0.206. The SMILES string of the molecule is Oc1ccc(C(NC2CCC2)c2ccccc2)c(O)c1O. The second-order valence-corrected chi connectivity index (χ2v) is 5.51. The van der Waals surface area contributed by atoms with Crippen LogP contribution >= 0.6 is 0 Å². The first-order valence-corrected chi connectivity index (χ1v) is 7.21. The molecule has 4 N–H and O–H groups in total.